The Bertz CT molecular complexity index is 361. The van der Waals surface area contributed by atoms with Crippen LogP contribution in [-0.2, 0) is 19.1 Å². The lowest BCUT2D eigenvalue weighted by Crippen LogP contribution is -2.15. The monoisotopic (exact) mass is 328 g/mol. The molecule has 0 aliphatic carbocycles. The highest BCUT2D eigenvalue weighted by molar-refractivity contribution is 5.74. The van der Waals surface area contributed by atoms with E-state index >= 15 is 0 Å². The van der Waals surface area contributed by atoms with Gasteiger partial charge in [0.15, 0.2) is 0 Å². The van der Waals surface area contributed by atoms with Crippen LogP contribution < -0.4 is 0 Å². The van der Waals surface area contributed by atoms with Crippen LogP contribution >= 0.6 is 0 Å². The predicted octanol–water partition coefficient (Wildman–Crippen LogP) is 1.57. The predicted molar refractivity (Wildman–Crippen MR) is 82.5 cm³/mol. The summed E-state index contributed by atoms with van der Waals surface area (Å²) in [6, 6.07) is 0. The summed E-state index contributed by atoms with van der Waals surface area (Å²) in [4.78, 5) is 22.6. The van der Waals surface area contributed by atoms with Crippen molar-refractivity contribution in [1.29, 1.82) is 0 Å². The van der Waals surface area contributed by atoms with Gasteiger partial charge in [-0.05, 0) is 57.8 Å². The maximum absolute atomic E-state index is 11.3. The highest BCUT2D eigenvalue weighted by Crippen LogP contribution is 2.23. The van der Waals surface area contributed by atoms with Gasteiger partial charge >= 0.3 is 11.9 Å². The molecule has 4 atom stereocenters. The van der Waals surface area contributed by atoms with E-state index in [2.05, 4.69) is 0 Å². The lowest BCUT2D eigenvalue weighted by Gasteiger charge is -2.15. The minimum atomic E-state index is -0.430. The summed E-state index contributed by atoms with van der Waals surface area (Å²) in [5, 5.41) is 19.9. The molecule has 2 N–H and O–H groups in total. The van der Waals surface area contributed by atoms with Crippen molar-refractivity contribution in [2.45, 2.75) is 70.0 Å². The zero-order valence-corrected chi connectivity index (χ0v) is 13.6. The standard InChI is InChI=1S/C17H28O6/c18-14(6-4-12-8-10-22-16(12)20)2-1-3-15(19)7-5-13-9-11-23-17(13)21/h12-15,18-19H,1-11H2. The molecule has 2 aliphatic heterocycles. The van der Waals surface area contributed by atoms with E-state index in [1.165, 1.54) is 0 Å². The largest absolute Gasteiger partial charge is 0.465 e. The van der Waals surface area contributed by atoms with Crippen LogP contribution in [0.5, 0.6) is 0 Å². The normalized spacial score (nSPS) is 26.9. The quantitative estimate of drug-likeness (QED) is 0.591. The van der Waals surface area contributed by atoms with Crippen molar-refractivity contribution in [3.63, 3.8) is 0 Å². The maximum atomic E-state index is 11.3. The second-order valence-corrected chi connectivity index (χ2v) is 6.70. The van der Waals surface area contributed by atoms with Crippen LogP contribution in [0.1, 0.15) is 57.8 Å². The molecule has 0 aromatic carbocycles. The molecule has 0 bridgehead atoms. The van der Waals surface area contributed by atoms with Gasteiger partial charge in [0.1, 0.15) is 0 Å². The lowest BCUT2D eigenvalue weighted by molar-refractivity contribution is -0.142. The van der Waals surface area contributed by atoms with E-state index in [9.17, 15) is 19.8 Å². The number of cyclic esters (lactones) is 2. The summed E-state index contributed by atoms with van der Waals surface area (Å²) in [6.07, 6.45) is 5.20. The van der Waals surface area contributed by atoms with Gasteiger partial charge in [-0.25, -0.2) is 0 Å². The van der Waals surface area contributed by atoms with Crippen LogP contribution in [0.4, 0.5) is 0 Å². The van der Waals surface area contributed by atoms with Crippen molar-refractivity contribution in [1.82, 2.24) is 0 Å². The maximum Gasteiger partial charge on any atom is 0.309 e. The smallest absolute Gasteiger partial charge is 0.309 e. The molecule has 23 heavy (non-hydrogen) atoms. The zero-order valence-electron chi connectivity index (χ0n) is 13.6. The number of hydrogen-bond acceptors (Lipinski definition) is 6. The first kappa shape index (κ1) is 18.2. The number of carbonyl (C=O) groups is 2. The molecular formula is C17H28O6. The van der Waals surface area contributed by atoms with E-state index < -0.39 is 12.2 Å². The summed E-state index contributed by atoms with van der Waals surface area (Å²) in [6.45, 7) is 1.00. The molecule has 0 aromatic heterocycles. The number of rotatable bonds is 10. The molecule has 0 saturated carbocycles. The fourth-order valence-electron chi connectivity index (χ4n) is 3.26. The first-order chi connectivity index (χ1) is 11.1. The van der Waals surface area contributed by atoms with Crippen molar-refractivity contribution >= 4 is 11.9 Å². The molecule has 2 fully saturated rings. The number of esters is 2. The zero-order chi connectivity index (χ0) is 16.7. The van der Waals surface area contributed by atoms with E-state index in [4.69, 9.17) is 9.47 Å². The minimum Gasteiger partial charge on any atom is -0.465 e. The molecule has 0 spiro atoms. The Balaban J connectivity index is 1.49. The van der Waals surface area contributed by atoms with E-state index in [1.807, 2.05) is 0 Å². The van der Waals surface area contributed by atoms with Crippen LogP contribution in [-0.4, -0.2) is 47.6 Å². The topological polar surface area (TPSA) is 93.1 Å². The molecule has 0 aromatic rings. The second kappa shape index (κ2) is 9.23. The molecule has 6 heteroatoms. The van der Waals surface area contributed by atoms with Crippen molar-refractivity contribution < 1.29 is 29.3 Å². The lowest BCUT2D eigenvalue weighted by atomic mass is 9.95. The van der Waals surface area contributed by atoms with Crippen LogP contribution in [0.2, 0.25) is 0 Å². The van der Waals surface area contributed by atoms with Crippen LogP contribution in [0, 0.1) is 11.8 Å². The number of carbonyl (C=O) groups excluding carboxylic acids is 2. The summed E-state index contributed by atoms with van der Waals surface area (Å²) >= 11 is 0. The van der Waals surface area contributed by atoms with Gasteiger partial charge in [-0.1, -0.05) is 0 Å². The molecule has 2 saturated heterocycles. The average Bonchev–Trinajstić information content (AvgIpc) is 3.11. The van der Waals surface area contributed by atoms with Gasteiger partial charge in [-0.15, -0.1) is 0 Å². The summed E-state index contributed by atoms with van der Waals surface area (Å²) in [5.41, 5.74) is 0. The number of aliphatic hydroxyl groups is 2. The Morgan fingerprint density at radius 2 is 1.26 bits per heavy atom. The molecule has 0 radical (unpaired) electrons. The van der Waals surface area contributed by atoms with Crippen molar-refractivity contribution in [2.75, 3.05) is 13.2 Å². The number of ether oxygens (including phenoxy) is 2. The minimum absolute atomic E-state index is 0.0543. The molecule has 2 heterocycles. The van der Waals surface area contributed by atoms with Gasteiger partial charge in [0, 0.05) is 0 Å². The highest BCUT2D eigenvalue weighted by atomic mass is 16.5. The Labute approximate surface area is 137 Å². The average molecular weight is 328 g/mol. The third-order valence-electron chi connectivity index (χ3n) is 4.86. The first-order valence-electron chi connectivity index (χ1n) is 8.75. The molecule has 0 amide bonds. The Hall–Kier alpha value is -1.14. The van der Waals surface area contributed by atoms with Gasteiger partial charge in [-0.2, -0.15) is 0 Å². The molecule has 4 unspecified atom stereocenters. The second-order valence-electron chi connectivity index (χ2n) is 6.70. The Morgan fingerprint density at radius 1 is 0.826 bits per heavy atom. The van der Waals surface area contributed by atoms with E-state index in [0.717, 1.165) is 19.3 Å². The fraction of sp³-hybridized carbons (Fsp3) is 0.882. The molecule has 132 valence electrons. The SMILES string of the molecule is O=C1OCCC1CCC(O)CCCC(O)CCC1CCOC1=O. The fourth-order valence-corrected chi connectivity index (χ4v) is 3.26. The highest BCUT2D eigenvalue weighted by Gasteiger charge is 2.27. The third kappa shape index (κ3) is 6.11. The van der Waals surface area contributed by atoms with Crippen LogP contribution in [0.3, 0.4) is 0 Å². The molecular weight excluding hydrogens is 300 g/mol. The van der Waals surface area contributed by atoms with Gasteiger partial charge in [0.2, 0.25) is 0 Å². The van der Waals surface area contributed by atoms with E-state index in [1.54, 1.807) is 0 Å². The molecule has 6 nitrogen and oxygen atoms in total. The van der Waals surface area contributed by atoms with E-state index in [0.29, 0.717) is 51.7 Å². The summed E-state index contributed by atoms with van der Waals surface area (Å²) in [7, 11) is 0. The first-order valence-corrected chi connectivity index (χ1v) is 8.75. The van der Waals surface area contributed by atoms with Gasteiger partial charge in [0.05, 0.1) is 37.3 Å². The summed E-state index contributed by atoms with van der Waals surface area (Å²) < 4.78 is 9.80. The van der Waals surface area contributed by atoms with Crippen LogP contribution in [0.15, 0.2) is 0 Å². The Kier molecular flexibility index (Phi) is 7.30. The van der Waals surface area contributed by atoms with E-state index in [-0.39, 0.29) is 23.8 Å². The molecule has 2 rings (SSSR count). The Morgan fingerprint density at radius 3 is 1.61 bits per heavy atom. The van der Waals surface area contributed by atoms with Crippen molar-refractivity contribution in [2.24, 2.45) is 11.8 Å². The van der Waals surface area contributed by atoms with Gasteiger partial charge in [0.25, 0.3) is 0 Å². The van der Waals surface area contributed by atoms with Gasteiger partial charge in [-0.3, -0.25) is 9.59 Å². The van der Waals surface area contributed by atoms with Crippen molar-refractivity contribution in [3.05, 3.63) is 0 Å². The number of hydrogen-bond donors (Lipinski definition) is 2. The molecule has 2 aliphatic rings. The van der Waals surface area contributed by atoms with Crippen LogP contribution in [0.25, 0.3) is 0 Å². The number of aliphatic hydroxyl groups excluding tert-OH is 2. The summed E-state index contributed by atoms with van der Waals surface area (Å²) in [5.74, 6) is -0.390. The van der Waals surface area contributed by atoms with Crippen molar-refractivity contribution in [3.8, 4) is 0 Å². The third-order valence-corrected chi connectivity index (χ3v) is 4.86. The van der Waals surface area contributed by atoms with Gasteiger partial charge < -0.3 is 19.7 Å².